The molecule has 5 heteroatoms. The fourth-order valence-corrected chi connectivity index (χ4v) is 2.28. The van der Waals surface area contributed by atoms with Gasteiger partial charge in [-0.15, -0.1) is 0 Å². The molecular weight excluding hydrogens is 240 g/mol. The lowest BCUT2D eigenvalue weighted by Gasteiger charge is -2.38. The van der Waals surface area contributed by atoms with Gasteiger partial charge in [0.1, 0.15) is 5.82 Å². The molecule has 0 radical (unpaired) electrons. The number of anilines is 1. The molecule has 0 saturated carbocycles. The zero-order valence-electron chi connectivity index (χ0n) is 12.1. The molecule has 1 aromatic heterocycles. The van der Waals surface area contributed by atoms with Crippen molar-refractivity contribution in [2.45, 2.75) is 25.9 Å². The molecule has 2 heterocycles. The average molecular weight is 262 g/mol. The smallest absolute Gasteiger partial charge is 0.254 e. The minimum absolute atomic E-state index is 0.0132. The Bertz CT molecular complexity index is 443. The van der Waals surface area contributed by atoms with E-state index < -0.39 is 0 Å². The van der Waals surface area contributed by atoms with Crippen LogP contribution in [0, 0.1) is 0 Å². The Morgan fingerprint density at radius 1 is 1.42 bits per heavy atom. The highest BCUT2D eigenvalue weighted by molar-refractivity contribution is 5.93. The summed E-state index contributed by atoms with van der Waals surface area (Å²) in [5.41, 5.74) is 0.629. The molecule has 1 N–H and O–H groups in total. The van der Waals surface area contributed by atoms with Crippen molar-refractivity contribution in [3.63, 3.8) is 0 Å². The summed E-state index contributed by atoms with van der Waals surface area (Å²) in [7, 11) is 3.49. The van der Waals surface area contributed by atoms with Gasteiger partial charge in [-0.1, -0.05) is 0 Å². The molecule has 2 unspecified atom stereocenters. The maximum Gasteiger partial charge on any atom is 0.254 e. The predicted octanol–water partition coefficient (Wildman–Crippen LogP) is 0.970. The molecule has 104 valence electrons. The minimum atomic E-state index is -0.0132. The van der Waals surface area contributed by atoms with Gasteiger partial charge in [-0.25, -0.2) is 4.98 Å². The van der Waals surface area contributed by atoms with Crippen LogP contribution in [-0.2, 0) is 0 Å². The number of rotatable bonds is 2. The number of aromatic nitrogens is 1. The number of nitrogens with one attached hydrogen (secondary N) is 1. The highest BCUT2D eigenvalue weighted by atomic mass is 16.2. The maximum absolute atomic E-state index is 11.8. The predicted molar refractivity (Wildman–Crippen MR) is 76.5 cm³/mol. The van der Waals surface area contributed by atoms with E-state index in [1.807, 2.05) is 12.1 Å². The number of carbonyl (C=O) groups excluding carboxylic acids is 1. The second kappa shape index (κ2) is 5.57. The van der Waals surface area contributed by atoms with E-state index in [1.165, 1.54) is 0 Å². The van der Waals surface area contributed by atoms with Crippen molar-refractivity contribution in [3.8, 4) is 0 Å². The number of hydrogen-bond donors (Lipinski definition) is 1. The highest BCUT2D eigenvalue weighted by Crippen LogP contribution is 2.17. The fourth-order valence-electron chi connectivity index (χ4n) is 2.28. The van der Waals surface area contributed by atoms with E-state index in [9.17, 15) is 4.79 Å². The van der Waals surface area contributed by atoms with E-state index in [2.05, 4.69) is 29.0 Å². The molecule has 0 aliphatic carbocycles. The molecule has 1 aromatic rings. The van der Waals surface area contributed by atoms with Gasteiger partial charge < -0.3 is 15.1 Å². The third-order valence-corrected chi connectivity index (χ3v) is 3.46. The summed E-state index contributed by atoms with van der Waals surface area (Å²) in [6.45, 7) is 6.25. The summed E-state index contributed by atoms with van der Waals surface area (Å²) < 4.78 is 0. The number of hydrogen-bond acceptors (Lipinski definition) is 4. The quantitative estimate of drug-likeness (QED) is 0.863. The topological polar surface area (TPSA) is 48.5 Å². The van der Waals surface area contributed by atoms with E-state index >= 15 is 0 Å². The number of nitrogens with zero attached hydrogens (tertiary/aromatic N) is 3. The first kappa shape index (κ1) is 13.8. The maximum atomic E-state index is 11.8. The van der Waals surface area contributed by atoms with Crippen LogP contribution in [0.3, 0.4) is 0 Å². The largest absolute Gasteiger partial charge is 0.351 e. The third-order valence-electron chi connectivity index (χ3n) is 3.46. The van der Waals surface area contributed by atoms with E-state index in [0.717, 1.165) is 18.9 Å². The summed E-state index contributed by atoms with van der Waals surface area (Å²) in [4.78, 5) is 20.1. The third kappa shape index (κ3) is 3.04. The number of carbonyl (C=O) groups is 1. The SMILES string of the molecule is CC1CN(c2ccc(C(=O)N(C)C)cn2)C(C)CN1. The zero-order chi connectivity index (χ0) is 14.0. The van der Waals surface area contributed by atoms with Crippen LogP contribution in [0.5, 0.6) is 0 Å². The van der Waals surface area contributed by atoms with E-state index in [-0.39, 0.29) is 5.91 Å². The van der Waals surface area contributed by atoms with Crippen LogP contribution in [0.25, 0.3) is 0 Å². The van der Waals surface area contributed by atoms with Crippen LogP contribution >= 0.6 is 0 Å². The lowest BCUT2D eigenvalue weighted by molar-refractivity contribution is 0.0827. The summed E-state index contributed by atoms with van der Waals surface area (Å²) in [6.07, 6.45) is 1.66. The standard InChI is InChI=1S/C14H22N4O/c1-10-9-18(11(2)7-15-10)13-6-5-12(8-16-13)14(19)17(3)4/h5-6,8,10-11,15H,7,9H2,1-4H3. The number of piperazine rings is 1. The molecule has 1 saturated heterocycles. The lowest BCUT2D eigenvalue weighted by Crippen LogP contribution is -2.54. The van der Waals surface area contributed by atoms with Crippen molar-refractivity contribution in [2.75, 3.05) is 32.1 Å². The Hall–Kier alpha value is -1.62. The van der Waals surface area contributed by atoms with Crippen LogP contribution in [0.15, 0.2) is 18.3 Å². The molecular formula is C14H22N4O. The second-order valence-electron chi connectivity index (χ2n) is 5.42. The van der Waals surface area contributed by atoms with Crippen LogP contribution in [0.2, 0.25) is 0 Å². The fraction of sp³-hybridized carbons (Fsp3) is 0.571. The van der Waals surface area contributed by atoms with Crippen LogP contribution in [0.4, 0.5) is 5.82 Å². The first-order valence-corrected chi connectivity index (χ1v) is 6.66. The Labute approximate surface area is 114 Å². The molecule has 5 nitrogen and oxygen atoms in total. The zero-order valence-corrected chi connectivity index (χ0v) is 12.1. The molecule has 1 amide bonds. The summed E-state index contributed by atoms with van der Waals surface area (Å²) in [6, 6.07) is 4.66. The van der Waals surface area contributed by atoms with Gasteiger partial charge >= 0.3 is 0 Å². The van der Waals surface area contributed by atoms with Gasteiger partial charge in [0, 0.05) is 45.5 Å². The molecule has 0 aromatic carbocycles. The number of amides is 1. The molecule has 1 aliphatic rings. The van der Waals surface area contributed by atoms with Gasteiger partial charge in [-0.05, 0) is 26.0 Å². The first-order chi connectivity index (χ1) is 8.99. The van der Waals surface area contributed by atoms with Crippen LogP contribution in [0.1, 0.15) is 24.2 Å². The molecule has 2 rings (SSSR count). The van der Waals surface area contributed by atoms with E-state index in [1.54, 1.807) is 25.2 Å². The van der Waals surface area contributed by atoms with Gasteiger partial charge in [0.25, 0.3) is 5.91 Å². The van der Waals surface area contributed by atoms with Crippen molar-refractivity contribution in [1.82, 2.24) is 15.2 Å². The summed E-state index contributed by atoms with van der Waals surface area (Å²) in [5, 5.41) is 3.45. The molecule has 2 atom stereocenters. The normalized spacial score (nSPS) is 23.3. The molecule has 1 aliphatic heterocycles. The van der Waals surface area contributed by atoms with Crippen molar-refractivity contribution in [2.24, 2.45) is 0 Å². The van der Waals surface area contributed by atoms with E-state index in [0.29, 0.717) is 17.6 Å². The Kier molecular flexibility index (Phi) is 4.04. The van der Waals surface area contributed by atoms with Crippen molar-refractivity contribution >= 4 is 11.7 Å². The van der Waals surface area contributed by atoms with Crippen molar-refractivity contribution in [1.29, 1.82) is 0 Å². The van der Waals surface area contributed by atoms with Gasteiger partial charge in [0.15, 0.2) is 0 Å². The molecule has 19 heavy (non-hydrogen) atoms. The molecule has 0 bridgehead atoms. The molecule has 0 spiro atoms. The lowest BCUT2D eigenvalue weighted by atomic mass is 10.1. The van der Waals surface area contributed by atoms with Crippen LogP contribution < -0.4 is 10.2 Å². The summed E-state index contributed by atoms with van der Waals surface area (Å²) >= 11 is 0. The van der Waals surface area contributed by atoms with E-state index in [4.69, 9.17) is 0 Å². The Balaban J connectivity index is 2.15. The van der Waals surface area contributed by atoms with Gasteiger partial charge in [0.2, 0.25) is 0 Å². The van der Waals surface area contributed by atoms with Crippen LogP contribution in [-0.4, -0.2) is 55.1 Å². The van der Waals surface area contributed by atoms with Gasteiger partial charge in [-0.2, -0.15) is 0 Å². The average Bonchev–Trinajstić information content (AvgIpc) is 2.41. The minimum Gasteiger partial charge on any atom is -0.351 e. The Morgan fingerprint density at radius 2 is 2.16 bits per heavy atom. The second-order valence-corrected chi connectivity index (χ2v) is 5.42. The van der Waals surface area contributed by atoms with Crippen molar-refractivity contribution < 1.29 is 4.79 Å². The van der Waals surface area contributed by atoms with Crippen molar-refractivity contribution in [3.05, 3.63) is 23.9 Å². The van der Waals surface area contributed by atoms with Gasteiger partial charge in [0.05, 0.1) is 5.56 Å². The highest BCUT2D eigenvalue weighted by Gasteiger charge is 2.23. The Morgan fingerprint density at radius 3 is 2.74 bits per heavy atom. The van der Waals surface area contributed by atoms with Gasteiger partial charge in [-0.3, -0.25) is 4.79 Å². The summed E-state index contributed by atoms with van der Waals surface area (Å²) in [5.74, 6) is 0.928. The monoisotopic (exact) mass is 262 g/mol. The number of pyridine rings is 1. The first-order valence-electron chi connectivity index (χ1n) is 6.66. The molecule has 1 fully saturated rings.